The minimum absolute atomic E-state index is 0.0119. The first kappa shape index (κ1) is 27.7. The molecule has 214 valence electrons. The number of fused-ring (bicyclic) bond motifs is 4. The van der Waals surface area contributed by atoms with Crippen molar-refractivity contribution >= 4 is 11.8 Å². The zero-order valence-corrected chi connectivity index (χ0v) is 22.2. The number of hydrogen-bond donors (Lipinski definition) is 4. The Balaban J connectivity index is 1.57. The second-order valence-corrected chi connectivity index (χ2v) is 9.66. The highest BCUT2D eigenvalue weighted by Crippen LogP contribution is 2.51. The van der Waals surface area contributed by atoms with Crippen LogP contribution in [0, 0.1) is 0 Å². The fraction of sp³-hybridized carbons (Fsp3) is 0.429. The molecule has 0 saturated heterocycles. The lowest BCUT2D eigenvalue weighted by molar-refractivity contribution is -0.141. The lowest BCUT2D eigenvalue weighted by atomic mass is 9.77. The molecule has 12 nitrogen and oxygen atoms in total. The predicted molar refractivity (Wildman–Crippen MR) is 139 cm³/mol. The van der Waals surface area contributed by atoms with Gasteiger partial charge in [0.05, 0.1) is 32.3 Å². The van der Waals surface area contributed by atoms with Gasteiger partial charge in [-0.25, -0.2) is 0 Å². The van der Waals surface area contributed by atoms with Crippen LogP contribution < -0.4 is 24.3 Å². The van der Waals surface area contributed by atoms with Crippen LogP contribution in [0.15, 0.2) is 42.0 Å². The van der Waals surface area contributed by atoms with Gasteiger partial charge in [0.2, 0.25) is 18.6 Å². The van der Waals surface area contributed by atoms with Crippen LogP contribution in [0.5, 0.6) is 23.0 Å². The van der Waals surface area contributed by atoms with Gasteiger partial charge in [0.15, 0.2) is 23.0 Å². The Bertz CT molecular complexity index is 1310. The van der Waals surface area contributed by atoms with Crippen molar-refractivity contribution in [1.82, 2.24) is 10.2 Å². The number of methoxy groups -OCH3 is 2. The molecular weight excluding hydrogens is 524 g/mol. The number of carbonyl (C=O) groups excluding carboxylic acids is 2. The Hall–Kier alpha value is -3.84. The summed E-state index contributed by atoms with van der Waals surface area (Å²) in [5, 5.41) is 33.5. The number of aliphatic hydroxyl groups is 3. The van der Waals surface area contributed by atoms with Gasteiger partial charge in [-0.05, 0) is 41.5 Å². The quantitative estimate of drug-likeness (QED) is 0.319. The molecule has 40 heavy (non-hydrogen) atoms. The van der Waals surface area contributed by atoms with E-state index in [0.29, 0.717) is 39.7 Å². The molecule has 0 radical (unpaired) electrons. The van der Waals surface area contributed by atoms with Crippen LogP contribution in [0.1, 0.15) is 22.6 Å². The molecule has 4 atom stereocenters. The average molecular weight is 557 g/mol. The third-order valence-corrected chi connectivity index (χ3v) is 7.23. The number of nitrogens with one attached hydrogen (secondary N) is 1. The summed E-state index contributed by atoms with van der Waals surface area (Å²) in [5.41, 5.74) is 2.09. The van der Waals surface area contributed by atoms with Crippen LogP contribution in [0.4, 0.5) is 0 Å². The number of nitrogens with zero attached hydrogens (tertiary/aromatic N) is 1. The molecule has 0 fully saturated rings. The number of carbonyl (C=O) groups is 2. The fourth-order valence-corrected chi connectivity index (χ4v) is 5.42. The SMILES string of the molecule is COCC(=O)N(Cc1ccc2c(c1)OCO2)C1C=C(C(=O)NCCO)C2c3cc(CO)cc(OC)c3OC2C1O. The predicted octanol–water partition coefficient (Wildman–Crippen LogP) is 0.214. The van der Waals surface area contributed by atoms with Crippen LogP contribution in [0.3, 0.4) is 0 Å². The standard InChI is InChI=1S/C28H32N2O10/c1-36-13-23(33)30(11-15-3-4-20-21(8-15)39-14-38-20)19-10-18(28(35)29-5-6-31)24-17-7-16(12-32)9-22(37-2)26(17)40-27(24)25(19)34/h3-4,7-10,19,24-25,27,31-32,34H,5-6,11-14H2,1-2H3,(H,29,35). The molecule has 5 rings (SSSR count). The number of aliphatic hydroxyl groups excluding tert-OH is 3. The molecule has 2 aliphatic heterocycles. The van der Waals surface area contributed by atoms with Crippen molar-refractivity contribution in [3.63, 3.8) is 0 Å². The van der Waals surface area contributed by atoms with Gasteiger partial charge in [-0.3, -0.25) is 9.59 Å². The summed E-state index contributed by atoms with van der Waals surface area (Å²) in [6.45, 7) is -0.600. The molecule has 1 aliphatic carbocycles. The lowest BCUT2D eigenvalue weighted by Crippen LogP contribution is -2.56. The van der Waals surface area contributed by atoms with Gasteiger partial charge >= 0.3 is 0 Å². The Morgan fingerprint density at radius 1 is 1.10 bits per heavy atom. The van der Waals surface area contributed by atoms with Crippen molar-refractivity contribution in [2.45, 2.75) is 37.3 Å². The number of amides is 2. The molecule has 12 heteroatoms. The molecule has 4 unspecified atom stereocenters. The van der Waals surface area contributed by atoms with Gasteiger partial charge in [0.1, 0.15) is 18.8 Å². The van der Waals surface area contributed by atoms with E-state index in [1.165, 1.54) is 19.1 Å². The minimum atomic E-state index is -1.25. The summed E-state index contributed by atoms with van der Waals surface area (Å²) < 4.78 is 27.7. The lowest BCUT2D eigenvalue weighted by Gasteiger charge is -2.40. The van der Waals surface area contributed by atoms with E-state index in [1.807, 2.05) is 0 Å². The van der Waals surface area contributed by atoms with E-state index in [0.717, 1.165) is 0 Å². The summed E-state index contributed by atoms with van der Waals surface area (Å²) in [5.74, 6) is 0.225. The van der Waals surface area contributed by atoms with Crippen LogP contribution in [-0.2, 0) is 27.5 Å². The fourth-order valence-electron chi connectivity index (χ4n) is 5.42. The maximum atomic E-state index is 13.4. The van der Waals surface area contributed by atoms with Crippen LogP contribution in [0.2, 0.25) is 0 Å². The van der Waals surface area contributed by atoms with Crippen molar-refractivity contribution in [1.29, 1.82) is 0 Å². The molecule has 0 aromatic heterocycles. The molecule has 4 N–H and O–H groups in total. The Morgan fingerprint density at radius 2 is 1.90 bits per heavy atom. The summed E-state index contributed by atoms with van der Waals surface area (Å²) >= 11 is 0. The van der Waals surface area contributed by atoms with Crippen molar-refractivity contribution in [3.05, 3.63) is 58.7 Å². The van der Waals surface area contributed by atoms with E-state index in [2.05, 4.69) is 5.32 Å². The Labute approximate surface area is 230 Å². The highest BCUT2D eigenvalue weighted by atomic mass is 16.7. The smallest absolute Gasteiger partial charge is 0.249 e. The van der Waals surface area contributed by atoms with Gasteiger partial charge in [-0.1, -0.05) is 6.07 Å². The topological polar surface area (TPSA) is 156 Å². The average Bonchev–Trinajstić information content (AvgIpc) is 3.59. The minimum Gasteiger partial charge on any atom is -0.493 e. The summed E-state index contributed by atoms with van der Waals surface area (Å²) in [6.07, 6.45) is -0.628. The number of hydrogen-bond acceptors (Lipinski definition) is 10. The number of ether oxygens (including phenoxy) is 5. The van der Waals surface area contributed by atoms with Gasteiger partial charge in [0, 0.05) is 31.3 Å². The van der Waals surface area contributed by atoms with E-state index >= 15 is 0 Å². The van der Waals surface area contributed by atoms with E-state index < -0.39 is 36.0 Å². The zero-order chi connectivity index (χ0) is 28.4. The second-order valence-electron chi connectivity index (χ2n) is 9.66. The summed E-state index contributed by atoms with van der Waals surface area (Å²) in [7, 11) is 2.86. The van der Waals surface area contributed by atoms with Crippen LogP contribution in [-0.4, -0.2) is 91.1 Å². The largest absolute Gasteiger partial charge is 0.493 e. The van der Waals surface area contributed by atoms with Crippen molar-refractivity contribution < 1.29 is 48.6 Å². The third-order valence-electron chi connectivity index (χ3n) is 7.23. The molecule has 2 amide bonds. The normalized spacial score (nSPS) is 22.1. The van der Waals surface area contributed by atoms with Gasteiger partial charge < -0.3 is 49.2 Å². The number of benzene rings is 2. The van der Waals surface area contributed by atoms with Crippen molar-refractivity contribution in [2.75, 3.05) is 40.8 Å². The van der Waals surface area contributed by atoms with Gasteiger partial charge in [0.25, 0.3) is 0 Å². The highest BCUT2D eigenvalue weighted by Gasteiger charge is 2.51. The maximum absolute atomic E-state index is 13.4. The first-order chi connectivity index (χ1) is 19.4. The van der Waals surface area contributed by atoms with Crippen molar-refractivity contribution in [2.24, 2.45) is 0 Å². The molecule has 3 aliphatic rings. The van der Waals surface area contributed by atoms with E-state index in [9.17, 15) is 24.9 Å². The Morgan fingerprint density at radius 3 is 2.62 bits per heavy atom. The first-order valence-corrected chi connectivity index (χ1v) is 12.8. The molecule has 0 saturated carbocycles. The summed E-state index contributed by atoms with van der Waals surface area (Å²) in [6, 6.07) is 7.67. The van der Waals surface area contributed by atoms with Crippen LogP contribution in [0.25, 0.3) is 0 Å². The molecule has 2 heterocycles. The third kappa shape index (κ3) is 5.06. The Kier molecular flexibility index (Phi) is 8.12. The number of rotatable bonds is 10. The molecule has 0 bridgehead atoms. The van der Waals surface area contributed by atoms with Crippen molar-refractivity contribution in [3.8, 4) is 23.0 Å². The first-order valence-electron chi connectivity index (χ1n) is 12.8. The zero-order valence-electron chi connectivity index (χ0n) is 22.2. The van der Waals surface area contributed by atoms with E-state index in [-0.39, 0.29) is 45.3 Å². The maximum Gasteiger partial charge on any atom is 0.249 e. The van der Waals surface area contributed by atoms with Gasteiger partial charge in [-0.2, -0.15) is 0 Å². The van der Waals surface area contributed by atoms with E-state index in [1.54, 1.807) is 36.4 Å². The molecular formula is C28H32N2O10. The molecule has 2 aromatic rings. The highest BCUT2D eigenvalue weighted by molar-refractivity contribution is 5.96. The summed E-state index contributed by atoms with van der Waals surface area (Å²) in [4.78, 5) is 28.2. The van der Waals surface area contributed by atoms with E-state index in [4.69, 9.17) is 23.7 Å². The molecule has 0 spiro atoms. The second kappa shape index (κ2) is 11.7. The monoisotopic (exact) mass is 556 g/mol. The van der Waals surface area contributed by atoms with Gasteiger partial charge in [-0.15, -0.1) is 0 Å². The molecule has 2 aromatic carbocycles. The van der Waals surface area contributed by atoms with Crippen LogP contribution >= 0.6 is 0 Å².